The van der Waals surface area contributed by atoms with Gasteiger partial charge < -0.3 is 0 Å². The van der Waals surface area contributed by atoms with Crippen molar-refractivity contribution < 1.29 is 43.9 Å². The van der Waals surface area contributed by atoms with Crippen LogP contribution in [-0.2, 0) is 0 Å². The predicted octanol–water partition coefficient (Wildman–Crippen LogP) is 3.75. The van der Waals surface area contributed by atoms with E-state index in [0.29, 0.717) is 10.2 Å². The summed E-state index contributed by atoms with van der Waals surface area (Å²) in [5.74, 6) is 0. The maximum Gasteiger partial charge on any atom is 0.479 e. The van der Waals surface area contributed by atoms with Gasteiger partial charge in [0.05, 0.1) is 0 Å². The standard InChI is InChI=1S/C4F10N2/c5-1(6,7)3(11,12)15-16-4(13,14)2(8,9)10/b16-15+. The minimum absolute atomic E-state index is 0.662. The highest BCUT2D eigenvalue weighted by molar-refractivity contribution is 4.75. The first-order valence-electron chi connectivity index (χ1n) is 3.04. The van der Waals surface area contributed by atoms with Gasteiger partial charge in [0.15, 0.2) is 0 Å². The normalized spacial score (nSPS) is 15.9. The van der Waals surface area contributed by atoms with Crippen LogP contribution in [0.2, 0.25) is 0 Å². The molecule has 0 saturated heterocycles. The Labute approximate surface area is 79.9 Å². The second-order valence-corrected chi connectivity index (χ2v) is 2.28. The van der Waals surface area contributed by atoms with Gasteiger partial charge in [0.1, 0.15) is 0 Å². The van der Waals surface area contributed by atoms with Crippen molar-refractivity contribution in [2.24, 2.45) is 10.2 Å². The molecule has 0 aromatic heterocycles. The Kier molecular flexibility index (Phi) is 3.47. The van der Waals surface area contributed by atoms with Crippen LogP contribution in [0.3, 0.4) is 0 Å². The predicted molar refractivity (Wildman–Crippen MR) is 26.9 cm³/mol. The second-order valence-electron chi connectivity index (χ2n) is 2.28. The molecule has 0 spiro atoms. The summed E-state index contributed by atoms with van der Waals surface area (Å²) < 4.78 is 115. The number of hydrogen-bond donors (Lipinski definition) is 0. The van der Waals surface area contributed by atoms with E-state index in [9.17, 15) is 43.9 Å². The average molecular weight is 266 g/mol. The maximum absolute atomic E-state index is 11.8. The molecular weight excluding hydrogens is 266 g/mol. The molecule has 0 aliphatic rings. The van der Waals surface area contributed by atoms with Gasteiger partial charge in [0.2, 0.25) is 0 Å². The van der Waals surface area contributed by atoms with Crippen LogP contribution in [-0.4, -0.2) is 24.4 Å². The number of nitrogens with zero attached hydrogens (tertiary/aromatic N) is 2. The molecule has 0 amide bonds. The topological polar surface area (TPSA) is 24.7 Å². The van der Waals surface area contributed by atoms with E-state index in [1.165, 1.54) is 0 Å². The maximum atomic E-state index is 11.8. The number of rotatable bonds is 2. The van der Waals surface area contributed by atoms with Crippen molar-refractivity contribution in [1.82, 2.24) is 0 Å². The van der Waals surface area contributed by atoms with E-state index in [4.69, 9.17) is 0 Å². The van der Waals surface area contributed by atoms with Crippen LogP contribution in [0.25, 0.3) is 0 Å². The van der Waals surface area contributed by atoms with E-state index in [-0.39, 0.29) is 0 Å². The van der Waals surface area contributed by atoms with Crippen molar-refractivity contribution in [3.63, 3.8) is 0 Å². The van der Waals surface area contributed by atoms with E-state index in [1.807, 2.05) is 0 Å². The smallest absolute Gasteiger partial charge is 0.169 e. The third-order valence-corrected chi connectivity index (χ3v) is 0.983. The van der Waals surface area contributed by atoms with Gasteiger partial charge in [-0.05, 0) is 0 Å². The molecule has 2 nitrogen and oxygen atoms in total. The molecule has 0 N–H and O–H groups in total. The Morgan fingerprint density at radius 1 is 0.438 bits per heavy atom. The highest BCUT2D eigenvalue weighted by Gasteiger charge is 2.62. The fourth-order valence-electron chi connectivity index (χ4n) is 0.239. The van der Waals surface area contributed by atoms with Gasteiger partial charge in [-0.2, -0.15) is 43.9 Å². The zero-order chi connectivity index (χ0) is 13.4. The van der Waals surface area contributed by atoms with Gasteiger partial charge in [-0.25, -0.2) is 0 Å². The first-order chi connectivity index (χ1) is 6.71. The molecule has 0 heterocycles. The van der Waals surface area contributed by atoms with Crippen molar-refractivity contribution in [3.8, 4) is 0 Å². The molecule has 0 aromatic rings. The van der Waals surface area contributed by atoms with Crippen LogP contribution in [0.5, 0.6) is 0 Å². The highest BCUT2D eigenvalue weighted by Crippen LogP contribution is 2.41. The van der Waals surface area contributed by atoms with Crippen LogP contribution in [0.15, 0.2) is 10.2 Å². The van der Waals surface area contributed by atoms with Crippen molar-refractivity contribution in [2.75, 3.05) is 0 Å². The van der Waals surface area contributed by atoms with Gasteiger partial charge in [0.25, 0.3) is 0 Å². The van der Waals surface area contributed by atoms with E-state index >= 15 is 0 Å². The first-order valence-corrected chi connectivity index (χ1v) is 3.04. The lowest BCUT2D eigenvalue weighted by Gasteiger charge is -2.16. The van der Waals surface area contributed by atoms with Crippen molar-refractivity contribution in [1.29, 1.82) is 0 Å². The van der Waals surface area contributed by atoms with Crippen LogP contribution in [0.4, 0.5) is 43.9 Å². The number of hydrogen-bond acceptors (Lipinski definition) is 2. The summed E-state index contributed by atoms with van der Waals surface area (Å²) in [6, 6.07) is -12.2. The molecular formula is C4F10N2. The summed E-state index contributed by atoms with van der Waals surface area (Å²) in [4.78, 5) is 0. The lowest BCUT2D eigenvalue weighted by atomic mass is 10.5. The van der Waals surface area contributed by atoms with Crippen LogP contribution in [0, 0.1) is 0 Å². The fourth-order valence-corrected chi connectivity index (χ4v) is 0.239. The lowest BCUT2D eigenvalue weighted by Crippen LogP contribution is -2.37. The monoisotopic (exact) mass is 266 g/mol. The Bertz CT molecular complexity index is 244. The summed E-state index contributed by atoms with van der Waals surface area (Å²) in [5.41, 5.74) is 0. The van der Waals surface area contributed by atoms with Crippen molar-refractivity contribution in [2.45, 2.75) is 24.4 Å². The van der Waals surface area contributed by atoms with Gasteiger partial charge in [-0.1, -0.05) is 0 Å². The summed E-state index contributed by atoms with van der Waals surface area (Å²) in [6.07, 6.45) is -12.8. The quantitative estimate of drug-likeness (QED) is 0.413. The third-order valence-electron chi connectivity index (χ3n) is 0.983. The molecule has 0 saturated carbocycles. The molecule has 12 heteroatoms. The molecule has 96 valence electrons. The Balaban J connectivity index is 5.01. The Hall–Kier alpha value is -1.10. The fraction of sp³-hybridized carbons (Fsp3) is 1.00. The van der Waals surface area contributed by atoms with Crippen LogP contribution < -0.4 is 0 Å². The van der Waals surface area contributed by atoms with Gasteiger partial charge in [-0.3, -0.25) is 0 Å². The molecule has 0 rings (SSSR count). The van der Waals surface area contributed by atoms with Crippen molar-refractivity contribution >= 4 is 0 Å². The summed E-state index contributed by atoms with van der Waals surface area (Å²) in [6.45, 7) is 0. The zero-order valence-corrected chi connectivity index (χ0v) is 6.67. The van der Waals surface area contributed by atoms with Crippen LogP contribution in [0.1, 0.15) is 0 Å². The minimum Gasteiger partial charge on any atom is -0.169 e. The average Bonchev–Trinajstić information content (AvgIpc) is 1.97. The third kappa shape index (κ3) is 3.20. The number of halogens is 10. The van der Waals surface area contributed by atoms with Gasteiger partial charge in [0, 0.05) is 0 Å². The summed E-state index contributed by atoms with van der Waals surface area (Å²) >= 11 is 0. The molecule has 0 unspecified atom stereocenters. The van der Waals surface area contributed by atoms with Gasteiger partial charge >= 0.3 is 24.4 Å². The highest BCUT2D eigenvalue weighted by atomic mass is 19.4. The second kappa shape index (κ2) is 3.73. The number of azo groups is 1. The summed E-state index contributed by atoms with van der Waals surface area (Å²) in [5, 5.41) is 1.32. The number of alkyl halides is 10. The Morgan fingerprint density at radius 3 is 0.750 bits per heavy atom. The van der Waals surface area contributed by atoms with E-state index in [2.05, 4.69) is 0 Å². The molecule has 0 fully saturated rings. The van der Waals surface area contributed by atoms with E-state index in [0.717, 1.165) is 0 Å². The van der Waals surface area contributed by atoms with Gasteiger partial charge in [-0.15, -0.1) is 10.2 Å². The first kappa shape index (κ1) is 14.9. The zero-order valence-electron chi connectivity index (χ0n) is 6.67. The summed E-state index contributed by atoms with van der Waals surface area (Å²) in [7, 11) is 0. The van der Waals surface area contributed by atoms with E-state index in [1.54, 1.807) is 0 Å². The van der Waals surface area contributed by atoms with Crippen molar-refractivity contribution in [3.05, 3.63) is 0 Å². The largest absolute Gasteiger partial charge is 0.479 e. The molecule has 0 aliphatic heterocycles. The molecule has 0 aromatic carbocycles. The molecule has 16 heavy (non-hydrogen) atoms. The molecule has 0 aliphatic carbocycles. The van der Waals surface area contributed by atoms with Crippen LogP contribution >= 0.6 is 0 Å². The SMILES string of the molecule is FC(F)(F)C(F)(F)/N=N/C(F)(F)C(F)(F)F. The minimum atomic E-state index is -6.40. The molecule has 0 bridgehead atoms. The van der Waals surface area contributed by atoms with E-state index < -0.39 is 24.4 Å². The molecule has 0 radical (unpaired) electrons. The Morgan fingerprint density at radius 2 is 0.625 bits per heavy atom. The lowest BCUT2D eigenvalue weighted by molar-refractivity contribution is -0.298. The molecule has 0 atom stereocenters.